The minimum absolute atomic E-state index is 0.0236. The molecule has 156 valence electrons. The summed E-state index contributed by atoms with van der Waals surface area (Å²) in [5, 5.41) is 4.36. The fourth-order valence-corrected chi connectivity index (χ4v) is 4.68. The molecule has 30 heavy (non-hydrogen) atoms. The fourth-order valence-electron chi connectivity index (χ4n) is 4.35. The zero-order valence-electron chi connectivity index (χ0n) is 18.1. The fraction of sp³-hybridized carbons (Fsp3) is 0.375. The van der Waals surface area contributed by atoms with Crippen molar-refractivity contribution < 1.29 is 0 Å². The van der Waals surface area contributed by atoms with E-state index in [0.29, 0.717) is 0 Å². The van der Waals surface area contributed by atoms with Gasteiger partial charge in [-0.25, -0.2) is 4.98 Å². The largest absolute Gasteiger partial charge is 0.352 e. The van der Waals surface area contributed by atoms with Crippen LogP contribution in [0.25, 0.3) is 5.82 Å². The van der Waals surface area contributed by atoms with Gasteiger partial charge in [-0.1, -0.05) is 25.5 Å². The van der Waals surface area contributed by atoms with Crippen LogP contribution in [0.2, 0.25) is 0 Å². The Balaban J connectivity index is 1.81. The van der Waals surface area contributed by atoms with Crippen LogP contribution < -0.4 is 5.32 Å². The summed E-state index contributed by atoms with van der Waals surface area (Å²) in [7, 11) is 0. The normalized spacial score (nSPS) is 18.7. The van der Waals surface area contributed by atoms with Crippen molar-refractivity contribution >= 4 is 17.3 Å². The number of hydrogen-bond donors (Lipinski definition) is 1. The van der Waals surface area contributed by atoms with Crippen molar-refractivity contribution in [3.63, 3.8) is 0 Å². The van der Waals surface area contributed by atoms with Gasteiger partial charge in [-0.3, -0.25) is 4.98 Å². The molecule has 1 aliphatic rings. The molecule has 0 bridgehead atoms. The van der Waals surface area contributed by atoms with Crippen LogP contribution in [0.4, 0.5) is 0 Å². The maximum atomic E-state index is 5.77. The van der Waals surface area contributed by atoms with Gasteiger partial charge in [-0.05, 0) is 74.8 Å². The topological polar surface area (TPSA) is 46.0 Å². The zero-order chi connectivity index (χ0) is 21.3. The van der Waals surface area contributed by atoms with Crippen LogP contribution in [0.3, 0.4) is 0 Å². The van der Waals surface area contributed by atoms with Gasteiger partial charge in [-0.15, -0.1) is 0 Å². The molecule has 4 heterocycles. The van der Waals surface area contributed by atoms with E-state index in [1.54, 1.807) is 0 Å². The lowest BCUT2D eigenvalue weighted by molar-refractivity contribution is 0.312. The summed E-state index contributed by atoms with van der Waals surface area (Å²) in [5.41, 5.74) is 5.82. The van der Waals surface area contributed by atoms with Crippen LogP contribution in [0.5, 0.6) is 0 Å². The van der Waals surface area contributed by atoms with Gasteiger partial charge in [0.25, 0.3) is 0 Å². The number of pyridine rings is 2. The molecule has 2 unspecified atom stereocenters. The van der Waals surface area contributed by atoms with Gasteiger partial charge in [-0.2, -0.15) is 0 Å². The molecule has 0 aliphatic carbocycles. The summed E-state index contributed by atoms with van der Waals surface area (Å²) in [5.74, 6) is 0.949. The smallest absolute Gasteiger partial charge is 0.170 e. The second-order valence-electron chi connectivity index (χ2n) is 8.03. The Hall–Kier alpha value is -2.73. The molecule has 0 radical (unpaired) electrons. The molecule has 0 aromatic carbocycles. The molecule has 1 saturated heterocycles. The van der Waals surface area contributed by atoms with Gasteiger partial charge >= 0.3 is 0 Å². The van der Waals surface area contributed by atoms with E-state index in [-0.39, 0.29) is 12.1 Å². The van der Waals surface area contributed by atoms with E-state index in [0.717, 1.165) is 41.6 Å². The first kappa shape index (κ1) is 20.5. The van der Waals surface area contributed by atoms with Crippen molar-refractivity contribution in [3.8, 4) is 5.82 Å². The monoisotopic (exact) mass is 419 g/mol. The molecule has 4 rings (SSSR count). The van der Waals surface area contributed by atoms with Gasteiger partial charge in [0, 0.05) is 30.3 Å². The Bertz CT molecular complexity index is 1030. The van der Waals surface area contributed by atoms with Crippen LogP contribution in [0.1, 0.15) is 60.1 Å². The highest BCUT2D eigenvalue weighted by molar-refractivity contribution is 7.80. The first-order valence-corrected chi connectivity index (χ1v) is 11.0. The predicted molar refractivity (Wildman–Crippen MR) is 125 cm³/mol. The second-order valence-corrected chi connectivity index (χ2v) is 8.42. The number of unbranched alkanes of at least 4 members (excludes halogenated alkanes) is 1. The highest BCUT2D eigenvalue weighted by atomic mass is 32.1. The molecular formula is C24H29N5S. The number of rotatable bonds is 6. The first-order chi connectivity index (χ1) is 14.5. The second kappa shape index (κ2) is 8.56. The summed E-state index contributed by atoms with van der Waals surface area (Å²) >= 11 is 5.77. The Labute approximate surface area is 184 Å². The van der Waals surface area contributed by atoms with E-state index in [9.17, 15) is 0 Å². The molecule has 1 fully saturated rings. The van der Waals surface area contributed by atoms with Crippen molar-refractivity contribution in [3.05, 3.63) is 77.0 Å². The van der Waals surface area contributed by atoms with Gasteiger partial charge < -0.3 is 14.8 Å². The lowest BCUT2D eigenvalue weighted by Gasteiger charge is -2.28. The molecule has 3 aromatic rings. The number of thiocarbonyl (C=S) groups is 1. The van der Waals surface area contributed by atoms with Crippen LogP contribution >= 0.6 is 12.2 Å². The zero-order valence-corrected chi connectivity index (χ0v) is 18.9. The molecule has 1 aliphatic heterocycles. The quantitative estimate of drug-likeness (QED) is 0.572. The molecule has 0 saturated carbocycles. The number of aromatic nitrogens is 3. The van der Waals surface area contributed by atoms with Gasteiger partial charge in [0.1, 0.15) is 5.82 Å². The van der Waals surface area contributed by atoms with E-state index in [1.807, 2.05) is 24.5 Å². The standard InChI is InChI=1S/C24H29N5S/c1-5-6-13-28-23(22(27-24(28)30)20-9-7-8-12-25-20)19-14-17(3)29(18(19)4)21-11-10-16(2)15-26-21/h7-12,14-15,22-23H,5-6,13H2,1-4H3,(H,27,30). The third-order valence-electron chi connectivity index (χ3n) is 5.86. The van der Waals surface area contributed by atoms with E-state index < -0.39 is 0 Å². The summed E-state index contributed by atoms with van der Waals surface area (Å²) in [6.07, 6.45) is 6.01. The molecule has 3 aromatic heterocycles. The SMILES string of the molecule is CCCCN1C(=S)NC(c2ccccn2)C1c1cc(C)n(-c2ccc(C)cn2)c1C. The Morgan fingerprint density at radius 2 is 1.93 bits per heavy atom. The van der Waals surface area contributed by atoms with Gasteiger partial charge in [0.15, 0.2) is 5.11 Å². The highest BCUT2D eigenvalue weighted by Crippen LogP contribution is 2.41. The molecule has 1 N–H and O–H groups in total. The van der Waals surface area contributed by atoms with E-state index in [1.165, 1.54) is 17.0 Å². The molecule has 6 heteroatoms. The average Bonchev–Trinajstić information content (AvgIpc) is 3.23. The molecular weight excluding hydrogens is 390 g/mol. The third-order valence-corrected chi connectivity index (χ3v) is 6.22. The van der Waals surface area contributed by atoms with E-state index >= 15 is 0 Å². The highest BCUT2D eigenvalue weighted by Gasteiger charge is 2.41. The van der Waals surface area contributed by atoms with Crippen molar-refractivity contribution in [2.75, 3.05) is 6.54 Å². The average molecular weight is 420 g/mol. The Morgan fingerprint density at radius 3 is 2.60 bits per heavy atom. The minimum atomic E-state index is 0.0236. The molecule has 0 amide bonds. The van der Waals surface area contributed by atoms with Crippen molar-refractivity contribution in [1.29, 1.82) is 0 Å². The van der Waals surface area contributed by atoms with Crippen molar-refractivity contribution in [2.24, 2.45) is 0 Å². The number of hydrogen-bond acceptors (Lipinski definition) is 3. The van der Waals surface area contributed by atoms with Crippen LogP contribution in [-0.4, -0.2) is 31.1 Å². The summed E-state index contributed by atoms with van der Waals surface area (Å²) < 4.78 is 2.24. The summed E-state index contributed by atoms with van der Waals surface area (Å²) in [6, 6.07) is 12.7. The Morgan fingerprint density at radius 1 is 1.10 bits per heavy atom. The third kappa shape index (κ3) is 3.72. The van der Waals surface area contributed by atoms with Crippen LogP contribution in [0.15, 0.2) is 48.8 Å². The first-order valence-electron chi connectivity index (χ1n) is 10.6. The lowest BCUT2D eigenvalue weighted by Crippen LogP contribution is -2.30. The van der Waals surface area contributed by atoms with Crippen LogP contribution in [0, 0.1) is 20.8 Å². The minimum Gasteiger partial charge on any atom is -0.352 e. The molecule has 5 nitrogen and oxygen atoms in total. The summed E-state index contributed by atoms with van der Waals surface area (Å²) in [6.45, 7) is 9.53. The molecule has 0 spiro atoms. The van der Waals surface area contributed by atoms with Crippen LogP contribution in [-0.2, 0) is 0 Å². The summed E-state index contributed by atoms with van der Waals surface area (Å²) in [4.78, 5) is 11.7. The maximum absolute atomic E-state index is 5.77. The molecule has 2 atom stereocenters. The lowest BCUT2D eigenvalue weighted by atomic mass is 9.96. The van der Waals surface area contributed by atoms with Gasteiger partial charge in [0.05, 0.1) is 17.8 Å². The van der Waals surface area contributed by atoms with E-state index in [4.69, 9.17) is 12.2 Å². The predicted octanol–water partition coefficient (Wildman–Crippen LogP) is 4.97. The van der Waals surface area contributed by atoms with Crippen molar-refractivity contribution in [1.82, 2.24) is 24.8 Å². The number of nitrogens with zero attached hydrogens (tertiary/aromatic N) is 4. The maximum Gasteiger partial charge on any atom is 0.170 e. The van der Waals surface area contributed by atoms with E-state index in [2.05, 4.69) is 76.7 Å². The van der Waals surface area contributed by atoms with Gasteiger partial charge in [0.2, 0.25) is 0 Å². The number of nitrogens with one attached hydrogen (secondary N) is 1. The Kier molecular flexibility index (Phi) is 5.86. The number of aryl methyl sites for hydroxylation is 2. The van der Waals surface area contributed by atoms with Crippen molar-refractivity contribution in [2.45, 2.75) is 52.6 Å².